The van der Waals surface area contributed by atoms with Gasteiger partial charge in [-0.25, -0.2) is 0 Å². The first-order chi connectivity index (χ1) is 7.16. The maximum absolute atomic E-state index is 12.1. The first-order valence-electron chi connectivity index (χ1n) is 6.18. The second kappa shape index (κ2) is 4.12. The molecule has 1 atom stereocenters. The van der Waals surface area contributed by atoms with Crippen molar-refractivity contribution in [3.05, 3.63) is 0 Å². The Kier molecular flexibility index (Phi) is 3.01. The van der Waals surface area contributed by atoms with E-state index in [9.17, 15) is 4.79 Å². The lowest BCUT2D eigenvalue weighted by molar-refractivity contribution is -0.139. The van der Waals surface area contributed by atoms with E-state index < -0.39 is 0 Å². The van der Waals surface area contributed by atoms with E-state index in [0.29, 0.717) is 5.91 Å². The molecule has 2 rings (SSSR count). The van der Waals surface area contributed by atoms with E-state index in [0.717, 1.165) is 19.6 Å². The van der Waals surface area contributed by atoms with Gasteiger partial charge in [-0.1, -0.05) is 13.8 Å². The van der Waals surface area contributed by atoms with Crippen molar-refractivity contribution in [3.8, 4) is 0 Å². The van der Waals surface area contributed by atoms with Gasteiger partial charge in [-0.3, -0.25) is 4.79 Å². The molecule has 0 radical (unpaired) electrons. The van der Waals surface area contributed by atoms with Gasteiger partial charge in [-0.2, -0.15) is 0 Å². The van der Waals surface area contributed by atoms with Crippen LogP contribution in [0.2, 0.25) is 0 Å². The van der Waals surface area contributed by atoms with E-state index in [2.05, 4.69) is 10.2 Å². The van der Waals surface area contributed by atoms with Crippen molar-refractivity contribution < 1.29 is 4.79 Å². The fourth-order valence-corrected chi connectivity index (χ4v) is 2.99. The molecule has 2 heterocycles. The van der Waals surface area contributed by atoms with E-state index in [1.54, 1.807) is 0 Å². The molecule has 3 nitrogen and oxygen atoms in total. The topological polar surface area (TPSA) is 32.3 Å². The lowest BCUT2D eigenvalue weighted by Crippen LogP contribution is -2.57. The Bertz CT molecular complexity index is 244. The summed E-state index contributed by atoms with van der Waals surface area (Å²) in [6.07, 6.45) is 4.78. The number of hydrogen-bond acceptors (Lipinski definition) is 2. The van der Waals surface area contributed by atoms with Gasteiger partial charge in [0.25, 0.3) is 0 Å². The summed E-state index contributed by atoms with van der Waals surface area (Å²) in [5.74, 6) is 0.484. The zero-order chi connectivity index (χ0) is 10.9. The molecule has 2 fully saturated rings. The Balaban J connectivity index is 2.13. The Morgan fingerprint density at radius 3 is 2.67 bits per heavy atom. The van der Waals surface area contributed by atoms with Crippen molar-refractivity contribution >= 4 is 5.91 Å². The molecule has 2 saturated heterocycles. The highest BCUT2D eigenvalue weighted by molar-refractivity contribution is 5.79. The van der Waals surface area contributed by atoms with Crippen LogP contribution in [0.15, 0.2) is 0 Å². The molecular weight excluding hydrogens is 188 g/mol. The number of hydrogen-bond donors (Lipinski definition) is 1. The molecule has 0 aliphatic carbocycles. The fraction of sp³-hybridized carbons (Fsp3) is 0.917. The van der Waals surface area contributed by atoms with E-state index >= 15 is 0 Å². The van der Waals surface area contributed by atoms with Gasteiger partial charge in [0.1, 0.15) is 0 Å². The summed E-state index contributed by atoms with van der Waals surface area (Å²) in [4.78, 5) is 14.3. The number of carbonyl (C=O) groups is 1. The molecule has 1 unspecified atom stereocenters. The highest BCUT2D eigenvalue weighted by atomic mass is 16.2. The summed E-state index contributed by atoms with van der Waals surface area (Å²) < 4.78 is 0. The van der Waals surface area contributed by atoms with Crippen LogP contribution in [0.25, 0.3) is 0 Å². The average molecular weight is 210 g/mol. The highest BCUT2D eigenvalue weighted by Gasteiger charge is 2.44. The zero-order valence-electron chi connectivity index (χ0n) is 9.88. The van der Waals surface area contributed by atoms with Gasteiger partial charge in [0.15, 0.2) is 0 Å². The summed E-state index contributed by atoms with van der Waals surface area (Å²) in [6.45, 7) is 7.10. The number of rotatable bonds is 1. The molecule has 0 aromatic carbocycles. The number of nitrogens with one attached hydrogen (secondary N) is 1. The van der Waals surface area contributed by atoms with Crippen LogP contribution in [-0.2, 0) is 4.79 Å². The van der Waals surface area contributed by atoms with Gasteiger partial charge in [0, 0.05) is 19.0 Å². The molecular formula is C12H22N2O. The smallest absolute Gasteiger partial charge is 0.225 e. The van der Waals surface area contributed by atoms with Crippen LogP contribution in [0.1, 0.15) is 39.5 Å². The molecule has 2 aliphatic heterocycles. The highest BCUT2D eigenvalue weighted by Crippen LogP contribution is 2.35. The first kappa shape index (κ1) is 10.9. The summed E-state index contributed by atoms with van der Waals surface area (Å²) >= 11 is 0. The van der Waals surface area contributed by atoms with Gasteiger partial charge in [-0.15, -0.1) is 0 Å². The quantitative estimate of drug-likeness (QED) is 0.709. The van der Waals surface area contributed by atoms with Crippen LogP contribution >= 0.6 is 0 Å². The van der Waals surface area contributed by atoms with Gasteiger partial charge < -0.3 is 10.2 Å². The van der Waals surface area contributed by atoms with Gasteiger partial charge in [0.2, 0.25) is 5.91 Å². The predicted octanol–water partition coefficient (Wildman–Crippen LogP) is 1.39. The number of amides is 1. The van der Waals surface area contributed by atoms with Crippen molar-refractivity contribution in [2.24, 2.45) is 5.92 Å². The van der Waals surface area contributed by atoms with Crippen molar-refractivity contribution in [2.75, 3.05) is 19.6 Å². The third-order valence-electron chi connectivity index (χ3n) is 3.81. The molecule has 1 amide bonds. The van der Waals surface area contributed by atoms with Gasteiger partial charge in [-0.05, 0) is 32.2 Å². The Morgan fingerprint density at radius 2 is 2.07 bits per heavy atom. The minimum absolute atomic E-state index is 0.141. The summed E-state index contributed by atoms with van der Waals surface area (Å²) in [5.41, 5.74) is 0.166. The second-order valence-electron chi connectivity index (χ2n) is 5.25. The molecule has 0 aromatic rings. The Labute approximate surface area is 92.2 Å². The first-order valence-corrected chi connectivity index (χ1v) is 6.18. The second-order valence-corrected chi connectivity index (χ2v) is 5.25. The van der Waals surface area contributed by atoms with E-state index in [1.807, 2.05) is 13.8 Å². The molecule has 2 aliphatic rings. The predicted molar refractivity (Wildman–Crippen MR) is 60.6 cm³/mol. The Morgan fingerprint density at radius 1 is 1.33 bits per heavy atom. The largest absolute Gasteiger partial charge is 0.336 e. The standard InChI is InChI=1S/C12H22N2O/c1-10(2)11(15)14-8-4-6-12(14)5-3-7-13-9-12/h10,13H,3-9H2,1-2H3. The van der Waals surface area contributed by atoms with E-state index in [4.69, 9.17) is 0 Å². The normalized spacial score (nSPS) is 31.5. The van der Waals surface area contributed by atoms with Crippen LogP contribution in [0.3, 0.4) is 0 Å². The maximum atomic E-state index is 12.1. The van der Waals surface area contributed by atoms with E-state index in [1.165, 1.54) is 25.7 Å². The van der Waals surface area contributed by atoms with Crippen LogP contribution < -0.4 is 5.32 Å². The summed E-state index contributed by atoms with van der Waals surface area (Å²) in [6, 6.07) is 0. The van der Waals surface area contributed by atoms with Crippen molar-refractivity contribution in [2.45, 2.75) is 45.1 Å². The van der Waals surface area contributed by atoms with Crippen molar-refractivity contribution in [1.29, 1.82) is 0 Å². The molecule has 3 heteroatoms. The van der Waals surface area contributed by atoms with Crippen LogP contribution in [0.5, 0.6) is 0 Å². The van der Waals surface area contributed by atoms with Crippen LogP contribution in [0, 0.1) is 5.92 Å². The molecule has 0 saturated carbocycles. The minimum atomic E-state index is 0.141. The lowest BCUT2D eigenvalue weighted by Gasteiger charge is -2.42. The van der Waals surface area contributed by atoms with Crippen molar-refractivity contribution in [1.82, 2.24) is 10.2 Å². The third kappa shape index (κ3) is 1.89. The molecule has 0 bridgehead atoms. The Hall–Kier alpha value is -0.570. The molecule has 1 N–H and O–H groups in total. The lowest BCUT2D eigenvalue weighted by atomic mass is 9.87. The van der Waals surface area contributed by atoms with Crippen LogP contribution in [-0.4, -0.2) is 36.0 Å². The van der Waals surface area contributed by atoms with Crippen LogP contribution in [0.4, 0.5) is 0 Å². The number of piperidine rings is 1. The summed E-state index contributed by atoms with van der Waals surface area (Å²) in [5, 5.41) is 3.45. The van der Waals surface area contributed by atoms with E-state index in [-0.39, 0.29) is 11.5 Å². The zero-order valence-corrected chi connectivity index (χ0v) is 9.88. The number of carbonyl (C=O) groups excluding carboxylic acids is 1. The number of likely N-dealkylation sites (tertiary alicyclic amines) is 1. The monoisotopic (exact) mass is 210 g/mol. The SMILES string of the molecule is CC(C)C(=O)N1CCCC12CCCNC2. The van der Waals surface area contributed by atoms with Gasteiger partial charge >= 0.3 is 0 Å². The molecule has 0 aromatic heterocycles. The van der Waals surface area contributed by atoms with Gasteiger partial charge in [0.05, 0.1) is 5.54 Å². The molecule has 86 valence electrons. The maximum Gasteiger partial charge on any atom is 0.225 e. The number of nitrogens with zero attached hydrogens (tertiary/aromatic N) is 1. The fourth-order valence-electron chi connectivity index (χ4n) is 2.99. The minimum Gasteiger partial charge on any atom is -0.336 e. The third-order valence-corrected chi connectivity index (χ3v) is 3.81. The molecule has 1 spiro atoms. The molecule has 15 heavy (non-hydrogen) atoms. The van der Waals surface area contributed by atoms with Crippen molar-refractivity contribution in [3.63, 3.8) is 0 Å². The average Bonchev–Trinajstić information content (AvgIpc) is 2.61. The summed E-state index contributed by atoms with van der Waals surface area (Å²) in [7, 11) is 0.